The molecule has 14 heteroatoms. The standard InChI is InChI=1S/C25H31F4N5O4S/c1-2-21(19-8-7-18(11-20(19)26)25(27,28)29)31-23(35)22-6-4-10-34(22)24(36)17-5-3-9-32(15-17)39(37,38)33-13-16(12-30)14-33/h7-8,11,16-17,21-22H,2-6,9-10,13-15H2,1H3,(H,31,35)/t17-,21-,22+/m0/s1. The van der Waals surface area contributed by atoms with E-state index in [2.05, 4.69) is 5.32 Å². The lowest BCUT2D eigenvalue weighted by Crippen LogP contribution is -2.57. The average Bonchev–Trinajstić information content (AvgIpc) is 3.36. The summed E-state index contributed by atoms with van der Waals surface area (Å²) in [7, 11) is -3.79. The number of likely N-dealkylation sites (tertiary alicyclic amines) is 1. The molecule has 3 atom stereocenters. The summed E-state index contributed by atoms with van der Waals surface area (Å²) in [5.74, 6) is -2.92. The van der Waals surface area contributed by atoms with Crippen LogP contribution in [-0.2, 0) is 26.0 Å². The Balaban J connectivity index is 1.42. The van der Waals surface area contributed by atoms with Crippen molar-refractivity contribution in [2.24, 2.45) is 11.8 Å². The third kappa shape index (κ3) is 6.05. The van der Waals surface area contributed by atoms with Gasteiger partial charge in [-0.05, 0) is 44.2 Å². The van der Waals surface area contributed by atoms with Crippen molar-refractivity contribution in [2.45, 2.75) is 57.3 Å². The number of amides is 2. The monoisotopic (exact) mass is 573 g/mol. The molecule has 4 rings (SSSR count). The van der Waals surface area contributed by atoms with Gasteiger partial charge in [-0.15, -0.1) is 0 Å². The minimum atomic E-state index is -4.70. The maximum atomic E-state index is 14.6. The Hall–Kier alpha value is -2.76. The second kappa shape index (κ2) is 11.4. The molecule has 0 radical (unpaired) electrons. The quantitative estimate of drug-likeness (QED) is 0.504. The molecule has 1 aromatic carbocycles. The summed E-state index contributed by atoms with van der Waals surface area (Å²) in [6, 6.07) is 2.48. The van der Waals surface area contributed by atoms with Gasteiger partial charge in [-0.2, -0.15) is 35.5 Å². The first kappa shape index (κ1) is 29.2. The van der Waals surface area contributed by atoms with Gasteiger partial charge >= 0.3 is 6.18 Å². The molecule has 9 nitrogen and oxygen atoms in total. The average molecular weight is 574 g/mol. The van der Waals surface area contributed by atoms with Gasteiger partial charge in [0.1, 0.15) is 11.9 Å². The smallest absolute Gasteiger partial charge is 0.347 e. The lowest BCUT2D eigenvalue weighted by Gasteiger charge is -2.41. The summed E-state index contributed by atoms with van der Waals surface area (Å²) in [5, 5.41) is 11.6. The number of hydrogen-bond acceptors (Lipinski definition) is 5. The van der Waals surface area contributed by atoms with Gasteiger partial charge in [0.2, 0.25) is 11.8 Å². The second-order valence-electron chi connectivity index (χ2n) is 10.2. The number of nitrogens with zero attached hydrogens (tertiary/aromatic N) is 4. The number of hydrogen-bond donors (Lipinski definition) is 1. The molecular formula is C25H31F4N5O4S. The summed E-state index contributed by atoms with van der Waals surface area (Å²) in [5.41, 5.74) is -1.20. The first-order valence-corrected chi connectivity index (χ1v) is 14.4. The van der Waals surface area contributed by atoms with Crippen LogP contribution in [0.3, 0.4) is 0 Å². The summed E-state index contributed by atoms with van der Waals surface area (Å²) in [6.07, 6.45) is -2.63. The van der Waals surface area contributed by atoms with E-state index in [4.69, 9.17) is 5.26 Å². The van der Waals surface area contributed by atoms with E-state index in [0.717, 1.165) is 12.1 Å². The van der Waals surface area contributed by atoms with E-state index in [1.807, 2.05) is 6.07 Å². The first-order valence-electron chi connectivity index (χ1n) is 13.0. The summed E-state index contributed by atoms with van der Waals surface area (Å²) >= 11 is 0. The van der Waals surface area contributed by atoms with Crippen molar-refractivity contribution < 1.29 is 35.6 Å². The van der Waals surface area contributed by atoms with Crippen molar-refractivity contribution in [3.63, 3.8) is 0 Å². The molecule has 3 saturated heterocycles. The van der Waals surface area contributed by atoms with E-state index in [1.165, 1.54) is 13.5 Å². The van der Waals surface area contributed by atoms with Crippen LogP contribution in [0.25, 0.3) is 0 Å². The van der Waals surface area contributed by atoms with Crippen LogP contribution in [0, 0.1) is 29.0 Å². The van der Waals surface area contributed by atoms with Gasteiger partial charge in [0, 0.05) is 38.3 Å². The highest BCUT2D eigenvalue weighted by Crippen LogP contribution is 2.33. The van der Waals surface area contributed by atoms with Crippen molar-refractivity contribution in [2.75, 3.05) is 32.7 Å². The molecular weight excluding hydrogens is 542 g/mol. The maximum Gasteiger partial charge on any atom is 0.416 e. The fourth-order valence-electron chi connectivity index (χ4n) is 5.42. The molecule has 0 spiro atoms. The van der Waals surface area contributed by atoms with Crippen molar-refractivity contribution in [3.8, 4) is 6.07 Å². The lowest BCUT2D eigenvalue weighted by molar-refractivity contribution is -0.142. The molecule has 0 saturated carbocycles. The topological polar surface area (TPSA) is 114 Å². The van der Waals surface area contributed by atoms with Gasteiger partial charge in [0.25, 0.3) is 10.2 Å². The molecule has 3 fully saturated rings. The van der Waals surface area contributed by atoms with Gasteiger partial charge in [-0.25, -0.2) is 4.39 Å². The number of rotatable bonds is 7. The number of piperidine rings is 1. The number of halogens is 4. The Morgan fingerprint density at radius 1 is 1.13 bits per heavy atom. The summed E-state index contributed by atoms with van der Waals surface area (Å²) in [4.78, 5) is 28.1. The Bertz CT molecular complexity index is 1250. The molecule has 0 aromatic heterocycles. The van der Waals surface area contributed by atoms with Crippen LogP contribution in [0.15, 0.2) is 18.2 Å². The zero-order valence-corrected chi connectivity index (χ0v) is 22.3. The summed E-state index contributed by atoms with van der Waals surface area (Å²) in [6.45, 7) is 2.46. The molecule has 3 aliphatic heterocycles. The molecule has 1 N–H and O–H groups in total. The lowest BCUT2D eigenvalue weighted by atomic mass is 9.97. The van der Waals surface area contributed by atoms with E-state index in [0.29, 0.717) is 38.3 Å². The van der Waals surface area contributed by atoms with Gasteiger partial charge in [0.05, 0.1) is 29.5 Å². The van der Waals surface area contributed by atoms with Gasteiger partial charge < -0.3 is 10.2 Å². The van der Waals surface area contributed by atoms with E-state index in [-0.39, 0.29) is 50.0 Å². The first-order chi connectivity index (χ1) is 18.4. The highest BCUT2D eigenvalue weighted by molar-refractivity contribution is 7.86. The Kier molecular flexibility index (Phi) is 8.53. The minimum Gasteiger partial charge on any atom is -0.347 e. The van der Waals surface area contributed by atoms with Crippen molar-refractivity contribution in [1.82, 2.24) is 18.8 Å². The zero-order valence-electron chi connectivity index (χ0n) is 21.5. The normalized spacial score (nSPS) is 24.2. The van der Waals surface area contributed by atoms with Crippen LogP contribution in [0.2, 0.25) is 0 Å². The largest absolute Gasteiger partial charge is 0.416 e. The molecule has 3 aliphatic rings. The van der Waals surface area contributed by atoms with E-state index < -0.39 is 51.7 Å². The van der Waals surface area contributed by atoms with Crippen molar-refractivity contribution >= 4 is 22.0 Å². The number of carbonyl (C=O) groups excluding carboxylic acids is 2. The molecule has 3 heterocycles. The Labute approximate surface area is 224 Å². The number of benzene rings is 1. The number of carbonyl (C=O) groups is 2. The molecule has 0 bridgehead atoms. The third-order valence-electron chi connectivity index (χ3n) is 7.68. The predicted molar refractivity (Wildman–Crippen MR) is 131 cm³/mol. The third-order valence-corrected chi connectivity index (χ3v) is 9.62. The molecule has 214 valence electrons. The van der Waals surface area contributed by atoms with Crippen LogP contribution in [-0.4, -0.2) is 72.5 Å². The van der Waals surface area contributed by atoms with E-state index in [1.54, 1.807) is 6.92 Å². The van der Waals surface area contributed by atoms with Gasteiger partial charge in [-0.1, -0.05) is 13.0 Å². The Morgan fingerprint density at radius 3 is 2.44 bits per heavy atom. The van der Waals surface area contributed by atoms with Crippen molar-refractivity contribution in [3.05, 3.63) is 35.1 Å². The van der Waals surface area contributed by atoms with E-state index in [9.17, 15) is 35.6 Å². The van der Waals surface area contributed by atoms with Crippen LogP contribution in [0.1, 0.15) is 56.2 Å². The zero-order chi connectivity index (χ0) is 28.5. The molecule has 2 amide bonds. The summed E-state index contributed by atoms with van der Waals surface area (Å²) < 4.78 is 81.7. The molecule has 0 unspecified atom stereocenters. The molecule has 39 heavy (non-hydrogen) atoms. The number of alkyl halides is 3. The maximum absolute atomic E-state index is 14.6. The SMILES string of the molecule is CC[C@H](NC(=O)[C@H]1CCCN1C(=O)[C@H]1CCCN(S(=O)(=O)N2CC(C#N)C2)C1)c1ccc(C(F)(F)F)cc1F. The van der Waals surface area contributed by atoms with Crippen LogP contribution in [0.4, 0.5) is 17.6 Å². The number of nitriles is 1. The van der Waals surface area contributed by atoms with Crippen LogP contribution in [0.5, 0.6) is 0 Å². The van der Waals surface area contributed by atoms with Crippen LogP contribution >= 0.6 is 0 Å². The fraction of sp³-hybridized carbons (Fsp3) is 0.640. The van der Waals surface area contributed by atoms with Gasteiger partial charge in [-0.3, -0.25) is 9.59 Å². The van der Waals surface area contributed by atoms with Crippen molar-refractivity contribution in [1.29, 1.82) is 5.26 Å². The minimum absolute atomic E-state index is 0.0198. The van der Waals surface area contributed by atoms with E-state index >= 15 is 0 Å². The van der Waals surface area contributed by atoms with Crippen LogP contribution < -0.4 is 5.32 Å². The predicted octanol–water partition coefficient (Wildman–Crippen LogP) is 2.81. The highest BCUT2D eigenvalue weighted by Gasteiger charge is 2.44. The highest BCUT2D eigenvalue weighted by atomic mass is 32.2. The molecule has 0 aliphatic carbocycles. The second-order valence-corrected chi connectivity index (χ2v) is 12.2. The number of nitrogens with one attached hydrogen (secondary N) is 1. The Morgan fingerprint density at radius 2 is 1.82 bits per heavy atom. The fourth-order valence-corrected chi connectivity index (χ4v) is 7.21. The molecule has 1 aromatic rings. The van der Waals surface area contributed by atoms with Gasteiger partial charge in [0.15, 0.2) is 0 Å².